The molecule has 0 heterocycles. The van der Waals surface area contributed by atoms with Crippen molar-refractivity contribution in [2.75, 3.05) is 0 Å². The molecule has 0 atom stereocenters. The standard InChI is InChI=1S/C14H24.C3H6.2C2H6/c1-5-9-10-14(8-4)12-11-13(6-2)7-3;1-3-2;2*1-2/h5,8-10,13H,4,6-7,11-12H2,1-3H3;3H,1H2,2H3;2*1-2H3/b9-5+,14-10+;;;. The van der Waals surface area contributed by atoms with Crippen LogP contribution in [0.2, 0.25) is 0 Å². The molecule has 0 amide bonds. The van der Waals surface area contributed by atoms with Crippen molar-refractivity contribution in [1.82, 2.24) is 0 Å². The van der Waals surface area contributed by atoms with Gasteiger partial charge >= 0.3 is 0 Å². The van der Waals surface area contributed by atoms with Gasteiger partial charge in [-0.05, 0) is 38.2 Å². The second-order valence-electron chi connectivity index (χ2n) is 4.10. The molecule has 0 aromatic carbocycles. The molecule has 0 aliphatic carbocycles. The van der Waals surface area contributed by atoms with Gasteiger partial charge in [0.1, 0.15) is 0 Å². The zero-order chi connectivity index (χ0) is 17.5. The van der Waals surface area contributed by atoms with E-state index in [-0.39, 0.29) is 0 Å². The lowest BCUT2D eigenvalue weighted by atomic mass is 9.95. The average molecular weight is 295 g/mol. The van der Waals surface area contributed by atoms with Gasteiger partial charge in [-0.25, -0.2) is 0 Å². The maximum atomic E-state index is 3.84. The van der Waals surface area contributed by atoms with Crippen LogP contribution in [0.5, 0.6) is 0 Å². The van der Waals surface area contributed by atoms with Crippen LogP contribution in [0.1, 0.15) is 81.1 Å². The Morgan fingerprint density at radius 2 is 1.38 bits per heavy atom. The molecule has 0 rings (SSSR count). The van der Waals surface area contributed by atoms with E-state index in [0.717, 1.165) is 5.92 Å². The highest BCUT2D eigenvalue weighted by Crippen LogP contribution is 2.18. The van der Waals surface area contributed by atoms with Crippen molar-refractivity contribution >= 4 is 0 Å². The van der Waals surface area contributed by atoms with Gasteiger partial charge in [-0.1, -0.05) is 91.3 Å². The molecule has 0 aromatic heterocycles. The summed E-state index contributed by atoms with van der Waals surface area (Å²) in [5, 5.41) is 0. The smallest absolute Gasteiger partial charge is 0.0276 e. The Bertz CT molecular complexity index is 226. The Hall–Kier alpha value is -1.04. The van der Waals surface area contributed by atoms with Gasteiger partial charge in [-0.3, -0.25) is 0 Å². The van der Waals surface area contributed by atoms with Gasteiger partial charge in [0.15, 0.2) is 0 Å². The van der Waals surface area contributed by atoms with E-state index in [9.17, 15) is 0 Å². The fourth-order valence-electron chi connectivity index (χ4n) is 1.54. The van der Waals surface area contributed by atoms with E-state index in [2.05, 4.69) is 45.2 Å². The van der Waals surface area contributed by atoms with Crippen molar-refractivity contribution < 1.29 is 0 Å². The molecule has 0 nitrogen and oxygen atoms in total. The van der Waals surface area contributed by atoms with Crippen molar-refractivity contribution in [3.05, 3.63) is 49.1 Å². The predicted octanol–water partition coefficient (Wildman–Crippen LogP) is 8.14. The summed E-state index contributed by atoms with van der Waals surface area (Å²) < 4.78 is 0. The first-order valence-electron chi connectivity index (χ1n) is 8.71. The van der Waals surface area contributed by atoms with Gasteiger partial charge in [0.25, 0.3) is 0 Å². The summed E-state index contributed by atoms with van der Waals surface area (Å²) in [6.07, 6.45) is 15.1. The summed E-state index contributed by atoms with van der Waals surface area (Å²) in [5.41, 5.74) is 1.36. The van der Waals surface area contributed by atoms with Gasteiger partial charge < -0.3 is 0 Å². The molecule has 0 unspecified atom stereocenters. The lowest BCUT2D eigenvalue weighted by Gasteiger charge is -2.11. The van der Waals surface area contributed by atoms with E-state index in [1.807, 2.05) is 47.6 Å². The molecule has 0 radical (unpaired) electrons. The van der Waals surface area contributed by atoms with E-state index in [1.165, 1.54) is 31.3 Å². The highest BCUT2D eigenvalue weighted by molar-refractivity contribution is 5.21. The second-order valence-corrected chi connectivity index (χ2v) is 4.10. The summed E-state index contributed by atoms with van der Waals surface area (Å²) in [5.74, 6) is 0.879. The summed E-state index contributed by atoms with van der Waals surface area (Å²) in [7, 11) is 0. The van der Waals surface area contributed by atoms with E-state index in [0.29, 0.717) is 0 Å². The summed E-state index contributed by atoms with van der Waals surface area (Å²) in [6.45, 7) is 23.7. The highest BCUT2D eigenvalue weighted by atomic mass is 14.1. The Labute approximate surface area is 136 Å². The molecule has 0 bridgehead atoms. The highest BCUT2D eigenvalue weighted by Gasteiger charge is 2.03. The lowest BCUT2D eigenvalue weighted by molar-refractivity contribution is 0.457. The molecule has 0 heteroatoms. The van der Waals surface area contributed by atoms with Crippen LogP contribution in [-0.4, -0.2) is 0 Å². The van der Waals surface area contributed by atoms with Crippen LogP contribution in [0, 0.1) is 5.92 Å². The molecule has 126 valence electrons. The molecule has 0 saturated heterocycles. The Morgan fingerprint density at radius 1 is 0.952 bits per heavy atom. The van der Waals surface area contributed by atoms with Gasteiger partial charge in [0, 0.05) is 0 Å². The van der Waals surface area contributed by atoms with Crippen molar-refractivity contribution in [2.24, 2.45) is 5.92 Å². The van der Waals surface area contributed by atoms with Crippen LogP contribution < -0.4 is 0 Å². The van der Waals surface area contributed by atoms with Crippen LogP contribution in [0.3, 0.4) is 0 Å². The van der Waals surface area contributed by atoms with E-state index in [4.69, 9.17) is 0 Å². The van der Waals surface area contributed by atoms with Crippen LogP contribution in [0.4, 0.5) is 0 Å². The largest absolute Gasteiger partial charge is 0.103 e. The van der Waals surface area contributed by atoms with Gasteiger partial charge in [0.05, 0.1) is 0 Å². The molecule has 0 fully saturated rings. The maximum Gasteiger partial charge on any atom is -0.0276 e. The summed E-state index contributed by atoms with van der Waals surface area (Å²) in [4.78, 5) is 0. The predicted molar refractivity (Wildman–Crippen MR) is 105 cm³/mol. The van der Waals surface area contributed by atoms with Crippen LogP contribution in [0.25, 0.3) is 0 Å². The molecule has 0 N–H and O–H groups in total. The van der Waals surface area contributed by atoms with Crippen molar-refractivity contribution in [3.63, 3.8) is 0 Å². The van der Waals surface area contributed by atoms with Crippen LogP contribution in [-0.2, 0) is 0 Å². The Balaban J connectivity index is -0.000000176. The molecular weight excluding hydrogens is 252 g/mol. The number of hydrogen-bond donors (Lipinski definition) is 0. The molecule has 0 aliphatic rings. The zero-order valence-electron chi connectivity index (χ0n) is 16.2. The van der Waals surface area contributed by atoms with E-state index < -0.39 is 0 Å². The average Bonchev–Trinajstić information content (AvgIpc) is 2.55. The van der Waals surface area contributed by atoms with Crippen LogP contribution >= 0.6 is 0 Å². The summed E-state index contributed by atoms with van der Waals surface area (Å²) >= 11 is 0. The molecule has 0 aliphatic heterocycles. The van der Waals surface area contributed by atoms with Crippen molar-refractivity contribution in [3.8, 4) is 0 Å². The quantitative estimate of drug-likeness (QED) is 0.328. The fourth-order valence-corrected chi connectivity index (χ4v) is 1.54. The molecule has 0 spiro atoms. The number of allylic oxidation sites excluding steroid dienone is 6. The van der Waals surface area contributed by atoms with Crippen molar-refractivity contribution in [2.45, 2.75) is 81.1 Å². The van der Waals surface area contributed by atoms with Crippen LogP contribution in [0.15, 0.2) is 49.1 Å². The van der Waals surface area contributed by atoms with Gasteiger partial charge in [-0.2, -0.15) is 0 Å². The number of rotatable bonds is 7. The van der Waals surface area contributed by atoms with Crippen molar-refractivity contribution in [1.29, 1.82) is 0 Å². The SMILES string of the molecule is C=C/C(=C\C=C\C)CCC(CC)CC.C=CC.CC.CC. The fraction of sp³-hybridized carbons (Fsp3) is 0.619. The van der Waals surface area contributed by atoms with Gasteiger partial charge in [0.2, 0.25) is 0 Å². The monoisotopic (exact) mass is 294 g/mol. The third-order valence-corrected chi connectivity index (χ3v) is 2.76. The number of hydrogen-bond acceptors (Lipinski definition) is 0. The minimum absolute atomic E-state index is 0.879. The van der Waals surface area contributed by atoms with E-state index >= 15 is 0 Å². The first-order chi connectivity index (χ1) is 10.2. The lowest BCUT2D eigenvalue weighted by Crippen LogP contribution is -1.96. The molecule has 21 heavy (non-hydrogen) atoms. The third-order valence-electron chi connectivity index (χ3n) is 2.76. The minimum atomic E-state index is 0.879. The Kier molecular flexibility index (Phi) is 42.1. The van der Waals surface area contributed by atoms with E-state index in [1.54, 1.807) is 6.08 Å². The maximum absolute atomic E-state index is 3.84. The first-order valence-corrected chi connectivity index (χ1v) is 8.71. The normalized spacial score (nSPS) is 9.67. The van der Waals surface area contributed by atoms with Gasteiger partial charge in [-0.15, -0.1) is 6.58 Å². The molecule has 0 saturated carbocycles. The molecular formula is C21H42. The summed E-state index contributed by atoms with van der Waals surface area (Å²) in [6, 6.07) is 0. The first kappa shape index (κ1) is 28.2. The zero-order valence-corrected chi connectivity index (χ0v) is 16.2. The minimum Gasteiger partial charge on any atom is -0.103 e. The topological polar surface area (TPSA) is 0 Å². The second kappa shape index (κ2) is 31.4. The third kappa shape index (κ3) is 28.0. The molecule has 0 aromatic rings. The Morgan fingerprint density at radius 3 is 1.67 bits per heavy atom.